The molecule has 2 aliphatic heterocycles. The zero-order chi connectivity index (χ0) is 24.5. The summed E-state index contributed by atoms with van der Waals surface area (Å²) in [5, 5.41) is 10.7. The molecule has 5 rings (SSSR count). The molecule has 0 saturated heterocycles. The fourth-order valence-electron chi connectivity index (χ4n) is 5.33. The number of methoxy groups -OCH3 is 2. The van der Waals surface area contributed by atoms with Gasteiger partial charge in [-0.05, 0) is 47.2 Å². The first-order valence-electron chi connectivity index (χ1n) is 12.1. The van der Waals surface area contributed by atoms with Crippen LogP contribution in [0.25, 0.3) is 0 Å². The van der Waals surface area contributed by atoms with Crippen LogP contribution in [0.4, 0.5) is 0 Å². The van der Waals surface area contributed by atoms with Crippen LogP contribution in [0.2, 0.25) is 0 Å². The van der Waals surface area contributed by atoms with E-state index in [-0.39, 0.29) is 11.2 Å². The minimum atomic E-state index is -0.311. The van der Waals surface area contributed by atoms with Crippen molar-refractivity contribution >= 4 is 0 Å². The van der Waals surface area contributed by atoms with E-state index in [0.717, 1.165) is 56.2 Å². The average Bonchev–Trinajstić information content (AvgIpc) is 2.88. The quantitative estimate of drug-likeness (QED) is 0.591. The number of benzene rings is 2. The van der Waals surface area contributed by atoms with Crippen molar-refractivity contribution in [3.05, 3.63) is 86.3 Å². The van der Waals surface area contributed by atoms with Crippen LogP contribution in [-0.2, 0) is 46.1 Å². The molecule has 7 heteroatoms. The van der Waals surface area contributed by atoms with Gasteiger partial charge in [-0.15, -0.1) is 0 Å². The Morgan fingerprint density at radius 1 is 0.829 bits per heavy atom. The van der Waals surface area contributed by atoms with Crippen LogP contribution in [0.1, 0.15) is 33.6 Å². The maximum Gasteiger partial charge on any atom is 0.223 e. The smallest absolute Gasteiger partial charge is 0.223 e. The summed E-state index contributed by atoms with van der Waals surface area (Å²) in [6, 6.07) is 14.2. The van der Waals surface area contributed by atoms with Gasteiger partial charge in [-0.3, -0.25) is 14.6 Å². The third-order valence-electron chi connectivity index (χ3n) is 7.41. The Balaban J connectivity index is 1.36. The molecule has 0 bridgehead atoms. The Hall–Kier alpha value is -3.29. The Morgan fingerprint density at radius 2 is 1.43 bits per heavy atom. The lowest BCUT2D eigenvalue weighted by atomic mass is 9.98. The van der Waals surface area contributed by atoms with E-state index >= 15 is 0 Å². The number of pyridine rings is 1. The molecular formula is C28H33N3O4. The molecule has 0 unspecified atom stereocenters. The number of hydrogen-bond acceptors (Lipinski definition) is 6. The highest BCUT2D eigenvalue weighted by molar-refractivity contribution is 5.48. The molecule has 3 aromatic rings. The first kappa shape index (κ1) is 23.5. The minimum absolute atomic E-state index is 0.143. The molecule has 0 atom stereocenters. The van der Waals surface area contributed by atoms with E-state index in [1.54, 1.807) is 20.3 Å². The molecule has 0 aliphatic carbocycles. The zero-order valence-corrected chi connectivity index (χ0v) is 20.7. The molecule has 35 heavy (non-hydrogen) atoms. The largest absolute Gasteiger partial charge is 0.503 e. The van der Waals surface area contributed by atoms with Crippen molar-refractivity contribution in [2.75, 3.05) is 27.3 Å². The van der Waals surface area contributed by atoms with Gasteiger partial charge in [0.15, 0.2) is 17.2 Å². The molecule has 0 radical (unpaired) electrons. The van der Waals surface area contributed by atoms with Crippen LogP contribution in [0, 0.1) is 0 Å². The summed E-state index contributed by atoms with van der Waals surface area (Å²) in [7, 11) is 5.26. The predicted octanol–water partition coefficient (Wildman–Crippen LogP) is 3.22. The number of aromatic hydroxyl groups is 1. The van der Waals surface area contributed by atoms with Gasteiger partial charge >= 0.3 is 0 Å². The summed E-state index contributed by atoms with van der Waals surface area (Å²) < 4.78 is 12.9. The minimum Gasteiger partial charge on any atom is -0.503 e. The van der Waals surface area contributed by atoms with Gasteiger partial charge in [-0.2, -0.15) is 0 Å². The van der Waals surface area contributed by atoms with Crippen LogP contribution < -0.4 is 14.9 Å². The summed E-state index contributed by atoms with van der Waals surface area (Å²) in [4.78, 5) is 17.4. The average molecular weight is 476 g/mol. The van der Waals surface area contributed by atoms with Crippen LogP contribution in [0.3, 0.4) is 0 Å². The highest BCUT2D eigenvalue weighted by Gasteiger charge is 2.23. The van der Waals surface area contributed by atoms with Gasteiger partial charge in [0, 0.05) is 58.1 Å². The number of ether oxygens (including phenoxy) is 2. The maximum absolute atomic E-state index is 12.7. The summed E-state index contributed by atoms with van der Waals surface area (Å²) in [5.74, 6) is 1.34. The molecular weight excluding hydrogens is 442 g/mol. The highest BCUT2D eigenvalue weighted by Crippen LogP contribution is 2.33. The molecule has 184 valence electrons. The molecule has 1 N–H and O–H groups in total. The summed E-state index contributed by atoms with van der Waals surface area (Å²) in [6.45, 7) is 4.55. The lowest BCUT2D eigenvalue weighted by Crippen LogP contribution is -2.34. The Kier molecular flexibility index (Phi) is 6.54. The van der Waals surface area contributed by atoms with Gasteiger partial charge < -0.3 is 19.1 Å². The number of hydrogen-bond donors (Lipinski definition) is 1. The topological polar surface area (TPSA) is 67.2 Å². The van der Waals surface area contributed by atoms with Crippen molar-refractivity contribution in [1.29, 1.82) is 0 Å². The Labute approximate surface area is 206 Å². The molecule has 0 saturated carbocycles. The van der Waals surface area contributed by atoms with E-state index in [9.17, 15) is 9.90 Å². The summed E-state index contributed by atoms with van der Waals surface area (Å²) in [5.41, 5.74) is 6.46. The van der Waals surface area contributed by atoms with Crippen LogP contribution in [0.5, 0.6) is 17.2 Å². The maximum atomic E-state index is 12.7. The molecule has 1 aromatic heterocycles. The predicted molar refractivity (Wildman–Crippen MR) is 135 cm³/mol. The molecule has 0 spiro atoms. The fourth-order valence-corrected chi connectivity index (χ4v) is 5.33. The highest BCUT2D eigenvalue weighted by atomic mass is 16.5. The number of aromatic nitrogens is 1. The van der Waals surface area contributed by atoms with Gasteiger partial charge in [0.25, 0.3) is 0 Å². The van der Waals surface area contributed by atoms with Crippen molar-refractivity contribution < 1.29 is 14.6 Å². The van der Waals surface area contributed by atoms with Crippen molar-refractivity contribution in [1.82, 2.24) is 14.4 Å². The van der Waals surface area contributed by atoms with E-state index in [1.165, 1.54) is 22.3 Å². The van der Waals surface area contributed by atoms with Crippen molar-refractivity contribution in [3.63, 3.8) is 0 Å². The Bertz CT molecular complexity index is 1300. The lowest BCUT2D eigenvalue weighted by Gasteiger charge is -2.32. The summed E-state index contributed by atoms with van der Waals surface area (Å²) in [6.07, 6.45) is 1.88. The summed E-state index contributed by atoms with van der Waals surface area (Å²) >= 11 is 0. The second-order valence-corrected chi connectivity index (χ2v) is 9.52. The molecule has 3 heterocycles. The second-order valence-electron chi connectivity index (χ2n) is 9.52. The normalized spacial score (nSPS) is 16.0. The van der Waals surface area contributed by atoms with E-state index < -0.39 is 0 Å². The molecule has 0 amide bonds. The number of rotatable bonds is 6. The molecule has 7 nitrogen and oxygen atoms in total. The standard InChI is InChI=1S/C28H33N3O4/c1-29-23(17-30-11-9-20-12-26(34-2)27(35-3)13-22(20)16-30)14-25(32)28(33)24(29)18-31-10-8-19-6-4-5-7-21(19)15-31/h4-7,12-14,33H,8-11,15-18H2,1-3H3. The molecule has 2 aliphatic rings. The van der Waals surface area contributed by atoms with Gasteiger partial charge in [-0.25, -0.2) is 0 Å². The van der Waals surface area contributed by atoms with Crippen molar-refractivity contribution in [3.8, 4) is 17.2 Å². The van der Waals surface area contributed by atoms with Gasteiger partial charge in [0.05, 0.1) is 19.9 Å². The van der Waals surface area contributed by atoms with E-state index in [1.807, 2.05) is 11.6 Å². The second kappa shape index (κ2) is 9.76. The van der Waals surface area contributed by atoms with Crippen LogP contribution in [0.15, 0.2) is 47.3 Å². The lowest BCUT2D eigenvalue weighted by molar-refractivity contribution is 0.226. The van der Waals surface area contributed by atoms with Crippen LogP contribution in [-0.4, -0.2) is 46.8 Å². The van der Waals surface area contributed by atoms with Gasteiger partial charge in [-0.1, -0.05) is 24.3 Å². The van der Waals surface area contributed by atoms with Gasteiger partial charge in [0.2, 0.25) is 5.43 Å². The number of fused-ring (bicyclic) bond motifs is 2. The van der Waals surface area contributed by atoms with Crippen LogP contribution >= 0.6 is 0 Å². The third kappa shape index (κ3) is 4.66. The Morgan fingerprint density at radius 3 is 2.14 bits per heavy atom. The van der Waals surface area contributed by atoms with E-state index in [0.29, 0.717) is 18.8 Å². The fraction of sp³-hybridized carbons (Fsp3) is 0.393. The first-order chi connectivity index (χ1) is 17.0. The van der Waals surface area contributed by atoms with E-state index in [2.05, 4.69) is 46.2 Å². The monoisotopic (exact) mass is 475 g/mol. The molecule has 0 fully saturated rings. The van der Waals surface area contributed by atoms with Crippen molar-refractivity contribution in [2.24, 2.45) is 7.05 Å². The zero-order valence-electron chi connectivity index (χ0n) is 20.7. The van der Waals surface area contributed by atoms with Crippen molar-refractivity contribution in [2.45, 2.75) is 39.0 Å². The first-order valence-corrected chi connectivity index (χ1v) is 12.1. The molecule has 2 aromatic carbocycles. The SMILES string of the molecule is COc1cc2c(cc1OC)CN(Cc1cc(=O)c(O)c(CN3CCc4ccccc4C3)n1C)CC2. The van der Waals surface area contributed by atoms with Gasteiger partial charge in [0.1, 0.15) is 0 Å². The number of nitrogens with zero attached hydrogens (tertiary/aromatic N) is 3. The van der Waals surface area contributed by atoms with E-state index in [4.69, 9.17) is 9.47 Å². The third-order valence-corrected chi connectivity index (χ3v) is 7.41.